The number of nitrogens with two attached hydrogens (primary N) is 1. The molecule has 3 N–H and O–H groups in total. The van der Waals surface area contributed by atoms with Crippen LogP contribution < -0.4 is 11.1 Å². The molecule has 6 nitrogen and oxygen atoms in total. The minimum atomic E-state index is -0.875. The molecule has 1 aromatic rings. The minimum Gasteiger partial charge on any atom is -0.392 e. The molecular weight excluding hydrogens is 261 g/mol. The molecule has 0 fully saturated rings. The molecule has 8 heteroatoms. The van der Waals surface area contributed by atoms with Crippen LogP contribution in [-0.4, -0.2) is 29.4 Å². The van der Waals surface area contributed by atoms with E-state index in [0.29, 0.717) is 12.3 Å². The maximum Gasteiger partial charge on any atom is 0.293 e. The topological polar surface area (TPSA) is 98.3 Å². The smallest absolute Gasteiger partial charge is 0.293 e. The van der Waals surface area contributed by atoms with Crippen LogP contribution in [0.1, 0.15) is 10.4 Å². The van der Waals surface area contributed by atoms with Crippen LogP contribution in [0.4, 0.5) is 15.8 Å². The van der Waals surface area contributed by atoms with Gasteiger partial charge in [0, 0.05) is 18.4 Å². The van der Waals surface area contributed by atoms with Gasteiger partial charge in [-0.25, -0.2) is 4.39 Å². The number of carbonyl (C=O) groups is 1. The molecule has 0 spiro atoms. The second kappa shape index (κ2) is 6.20. The zero-order chi connectivity index (χ0) is 13.7. The summed E-state index contributed by atoms with van der Waals surface area (Å²) in [4.78, 5) is 21.6. The number of anilines is 1. The third-order valence-electron chi connectivity index (χ3n) is 2.19. The van der Waals surface area contributed by atoms with E-state index in [4.69, 9.17) is 5.73 Å². The first-order chi connectivity index (χ1) is 8.49. The van der Waals surface area contributed by atoms with Gasteiger partial charge in [-0.15, -0.1) is 0 Å². The number of nitro benzene ring substituents is 1. The second-order valence-corrected chi connectivity index (χ2v) is 4.35. The van der Waals surface area contributed by atoms with E-state index in [0.717, 1.165) is 12.1 Å². The molecule has 0 atom stereocenters. The van der Waals surface area contributed by atoms with Crippen molar-refractivity contribution in [2.75, 3.05) is 24.3 Å². The zero-order valence-electron chi connectivity index (χ0n) is 9.60. The van der Waals surface area contributed by atoms with Crippen LogP contribution in [0.2, 0.25) is 0 Å². The number of carbonyl (C=O) groups excluding carboxylic acids is 1. The van der Waals surface area contributed by atoms with Gasteiger partial charge < -0.3 is 11.1 Å². The number of nitrogen functional groups attached to an aromatic ring is 1. The first-order valence-electron chi connectivity index (χ1n) is 4.98. The molecule has 18 heavy (non-hydrogen) atoms. The summed E-state index contributed by atoms with van der Waals surface area (Å²) in [7, 11) is 0. The van der Waals surface area contributed by atoms with Crippen LogP contribution in [0.15, 0.2) is 12.1 Å². The van der Waals surface area contributed by atoms with Crippen LogP contribution in [0.5, 0.6) is 0 Å². The Morgan fingerprint density at radius 2 is 2.28 bits per heavy atom. The molecule has 1 rings (SSSR count). The highest BCUT2D eigenvalue weighted by atomic mass is 32.2. The maximum absolute atomic E-state index is 13.5. The summed E-state index contributed by atoms with van der Waals surface area (Å²) < 4.78 is 13.5. The van der Waals surface area contributed by atoms with Crippen LogP contribution in [-0.2, 0) is 0 Å². The van der Waals surface area contributed by atoms with Gasteiger partial charge >= 0.3 is 0 Å². The highest BCUT2D eigenvalue weighted by Gasteiger charge is 2.23. The van der Waals surface area contributed by atoms with Gasteiger partial charge in [0.1, 0.15) is 17.1 Å². The lowest BCUT2D eigenvalue weighted by Crippen LogP contribution is -2.27. The van der Waals surface area contributed by atoms with Crippen LogP contribution in [0, 0.1) is 15.9 Å². The van der Waals surface area contributed by atoms with E-state index in [1.807, 2.05) is 6.26 Å². The van der Waals surface area contributed by atoms with Crippen molar-refractivity contribution in [1.82, 2.24) is 5.32 Å². The molecule has 0 heterocycles. The van der Waals surface area contributed by atoms with Crippen molar-refractivity contribution in [1.29, 1.82) is 0 Å². The molecule has 0 aliphatic heterocycles. The van der Waals surface area contributed by atoms with Gasteiger partial charge in [0.25, 0.3) is 11.6 Å². The van der Waals surface area contributed by atoms with E-state index in [9.17, 15) is 19.3 Å². The molecule has 1 aromatic carbocycles. The SMILES string of the molecule is CSCCNC(=O)c1c(F)ccc([N+](=O)[O-])c1N. The Hall–Kier alpha value is -1.83. The van der Waals surface area contributed by atoms with E-state index in [1.54, 1.807) is 0 Å². The van der Waals surface area contributed by atoms with Crippen LogP contribution in [0.3, 0.4) is 0 Å². The van der Waals surface area contributed by atoms with E-state index in [1.165, 1.54) is 11.8 Å². The van der Waals surface area contributed by atoms with Crippen molar-refractivity contribution in [2.24, 2.45) is 0 Å². The number of nitro groups is 1. The number of nitrogens with zero attached hydrogens (tertiary/aromatic N) is 1. The third kappa shape index (κ3) is 3.10. The molecule has 98 valence electrons. The summed E-state index contributed by atoms with van der Waals surface area (Å²) >= 11 is 1.51. The van der Waals surface area contributed by atoms with Gasteiger partial charge in [-0.2, -0.15) is 11.8 Å². The van der Waals surface area contributed by atoms with Gasteiger partial charge in [0.2, 0.25) is 0 Å². The molecule has 0 aliphatic rings. The second-order valence-electron chi connectivity index (χ2n) is 3.36. The molecule has 0 radical (unpaired) electrons. The predicted octanol–water partition coefficient (Wildman–Crippen LogP) is 1.41. The molecule has 0 saturated carbocycles. The number of rotatable bonds is 5. The number of halogens is 1. The van der Waals surface area contributed by atoms with Crippen molar-refractivity contribution < 1.29 is 14.1 Å². The van der Waals surface area contributed by atoms with E-state index in [2.05, 4.69) is 5.32 Å². The molecule has 0 aromatic heterocycles. The molecule has 0 saturated heterocycles. The van der Waals surface area contributed by atoms with Crippen LogP contribution in [0.25, 0.3) is 0 Å². The standard InChI is InChI=1S/C10H12FN3O3S/c1-18-5-4-13-10(15)8-6(11)2-3-7(9(8)12)14(16)17/h2-3H,4-5,12H2,1H3,(H,13,15). The summed E-state index contributed by atoms with van der Waals surface area (Å²) in [5.41, 5.74) is 4.02. The highest BCUT2D eigenvalue weighted by molar-refractivity contribution is 7.98. The Labute approximate surface area is 107 Å². The first kappa shape index (κ1) is 14.2. The molecule has 1 amide bonds. The summed E-state index contributed by atoms with van der Waals surface area (Å²) in [5.74, 6) is -0.968. The average Bonchev–Trinajstić information content (AvgIpc) is 2.28. The Bertz CT molecular complexity index is 482. The molecule has 0 bridgehead atoms. The van der Waals surface area contributed by atoms with E-state index >= 15 is 0 Å². The van der Waals surface area contributed by atoms with Crippen LogP contribution >= 0.6 is 11.8 Å². The molecule has 0 unspecified atom stereocenters. The summed E-state index contributed by atoms with van der Waals surface area (Å²) in [6, 6.07) is 1.79. The van der Waals surface area contributed by atoms with Crippen molar-refractivity contribution in [2.45, 2.75) is 0 Å². The van der Waals surface area contributed by atoms with E-state index in [-0.39, 0.29) is 0 Å². The number of benzene rings is 1. The van der Waals surface area contributed by atoms with E-state index < -0.39 is 33.6 Å². The lowest BCUT2D eigenvalue weighted by Gasteiger charge is -2.08. The summed E-state index contributed by atoms with van der Waals surface area (Å²) in [6.07, 6.45) is 1.86. The van der Waals surface area contributed by atoms with Crippen molar-refractivity contribution in [3.05, 3.63) is 33.6 Å². The first-order valence-corrected chi connectivity index (χ1v) is 6.38. The number of hydrogen-bond acceptors (Lipinski definition) is 5. The lowest BCUT2D eigenvalue weighted by molar-refractivity contribution is -0.384. The summed E-state index contributed by atoms with van der Waals surface area (Å²) in [6.45, 7) is 0.335. The minimum absolute atomic E-state index is 0.335. The fraction of sp³-hybridized carbons (Fsp3) is 0.300. The number of nitrogens with one attached hydrogen (secondary N) is 1. The largest absolute Gasteiger partial charge is 0.392 e. The van der Waals surface area contributed by atoms with Crippen molar-refractivity contribution >= 4 is 29.0 Å². The molecular formula is C10H12FN3O3S. The monoisotopic (exact) mass is 273 g/mol. The van der Waals surface area contributed by atoms with Crippen molar-refractivity contribution in [3.8, 4) is 0 Å². The Morgan fingerprint density at radius 1 is 1.61 bits per heavy atom. The number of thioether (sulfide) groups is 1. The third-order valence-corrected chi connectivity index (χ3v) is 2.80. The average molecular weight is 273 g/mol. The zero-order valence-corrected chi connectivity index (χ0v) is 10.4. The fourth-order valence-electron chi connectivity index (χ4n) is 1.33. The predicted molar refractivity (Wildman–Crippen MR) is 68.2 cm³/mol. The van der Waals surface area contributed by atoms with Crippen molar-refractivity contribution in [3.63, 3.8) is 0 Å². The van der Waals surface area contributed by atoms with Gasteiger partial charge in [0.05, 0.1) is 4.92 Å². The summed E-state index contributed by atoms with van der Waals surface area (Å²) in [5, 5.41) is 13.1. The Balaban J connectivity index is 3.03. The molecule has 0 aliphatic carbocycles. The highest BCUT2D eigenvalue weighted by Crippen LogP contribution is 2.27. The normalized spacial score (nSPS) is 10.1. The number of amides is 1. The van der Waals surface area contributed by atoms with Gasteiger partial charge in [0.15, 0.2) is 0 Å². The van der Waals surface area contributed by atoms with Gasteiger partial charge in [-0.3, -0.25) is 14.9 Å². The maximum atomic E-state index is 13.5. The Morgan fingerprint density at radius 3 is 2.83 bits per heavy atom. The van der Waals surface area contributed by atoms with Gasteiger partial charge in [-0.1, -0.05) is 0 Å². The quantitative estimate of drug-likeness (QED) is 0.366. The Kier molecular flexibility index (Phi) is 4.90. The number of hydrogen-bond donors (Lipinski definition) is 2. The van der Waals surface area contributed by atoms with Gasteiger partial charge in [-0.05, 0) is 12.3 Å². The lowest BCUT2D eigenvalue weighted by atomic mass is 10.1. The fourth-order valence-corrected chi connectivity index (χ4v) is 1.63.